The predicted molar refractivity (Wildman–Crippen MR) is 104 cm³/mol. The van der Waals surface area contributed by atoms with Crippen LogP contribution in [0.2, 0.25) is 0 Å². The molecule has 1 aliphatic rings. The zero-order valence-corrected chi connectivity index (χ0v) is 15.6. The van der Waals surface area contributed by atoms with Crippen molar-refractivity contribution >= 4 is 10.9 Å². The lowest BCUT2D eigenvalue weighted by Crippen LogP contribution is -2.20. The fraction of sp³-hybridized carbons (Fsp3) is 0.286. The highest BCUT2D eigenvalue weighted by atomic mass is 16.4. The molecule has 4 heterocycles. The molecule has 1 aliphatic heterocycles. The van der Waals surface area contributed by atoms with Gasteiger partial charge in [-0.25, -0.2) is 4.98 Å². The lowest BCUT2D eigenvalue weighted by atomic mass is 10.1. The highest BCUT2D eigenvalue weighted by Gasteiger charge is 2.28. The number of aryl methyl sites for hydroxylation is 1. The van der Waals surface area contributed by atoms with Gasteiger partial charge in [0.25, 0.3) is 5.89 Å². The summed E-state index contributed by atoms with van der Waals surface area (Å²) in [6.07, 6.45) is 4.36. The Labute approximate surface area is 162 Å². The van der Waals surface area contributed by atoms with Crippen LogP contribution in [0.15, 0.2) is 53.2 Å². The fourth-order valence-corrected chi connectivity index (χ4v) is 3.61. The maximum absolute atomic E-state index is 5.88. The van der Waals surface area contributed by atoms with E-state index in [9.17, 15) is 0 Å². The van der Waals surface area contributed by atoms with Gasteiger partial charge in [-0.1, -0.05) is 24.3 Å². The van der Waals surface area contributed by atoms with Gasteiger partial charge in [0.1, 0.15) is 5.69 Å². The molecular formula is C21H20N6O. The summed E-state index contributed by atoms with van der Waals surface area (Å²) in [6, 6.07) is 12.4. The Bertz CT molecular complexity index is 1110. The van der Waals surface area contributed by atoms with Gasteiger partial charge in [-0.05, 0) is 32.0 Å². The van der Waals surface area contributed by atoms with Crippen molar-refractivity contribution in [2.45, 2.75) is 25.8 Å². The molecule has 0 N–H and O–H groups in total. The monoisotopic (exact) mass is 372 g/mol. The van der Waals surface area contributed by atoms with Crippen molar-refractivity contribution in [1.82, 2.24) is 30.0 Å². The van der Waals surface area contributed by atoms with Crippen molar-refractivity contribution in [2.24, 2.45) is 0 Å². The zero-order chi connectivity index (χ0) is 18.9. The molecule has 1 aromatic carbocycles. The second-order valence-electron chi connectivity index (χ2n) is 7.20. The Morgan fingerprint density at radius 2 is 2.00 bits per heavy atom. The molecule has 5 rings (SSSR count). The summed E-state index contributed by atoms with van der Waals surface area (Å²) in [6.45, 7) is 4.59. The quantitative estimate of drug-likeness (QED) is 0.543. The van der Waals surface area contributed by atoms with Crippen LogP contribution in [0.25, 0.3) is 22.5 Å². The number of pyridine rings is 1. The molecule has 0 radical (unpaired) electrons. The molecule has 1 saturated heterocycles. The number of benzene rings is 1. The van der Waals surface area contributed by atoms with Gasteiger partial charge in [-0.3, -0.25) is 14.9 Å². The van der Waals surface area contributed by atoms with Crippen molar-refractivity contribution in [3.8, 4) is 11.6 Å². The van der Waals surface area contributed by atoms with Crippen molar-refractivity contribution in [2.75, 3.05) is 13.1 Å². The van der Waals surface area contributed by atoms with Gasteiger partial charge < -0.3 is 4.42 Å². The maximum Gasteiger partial charge on any atom is 0.267 e. The lowest BCUT2D eigenvalue weighted by molar-refractivity contribution is 0.317. The Morgan fingerprint density at radius 1 is 1.07 bits per heavy atom. The smallest absolute Gasteiger partial charge is 0.267 e. The van der Waals surface area contributed by atoms with Gasteiger partial charge >= 0.3 is 0 Å². The summed E-state index contributed by atoms with van der Waals surface area (Å²) < 4.78 is 5.88. The normalized spacial score (nSPS) is 17.4. The minimum absolute atomic E-state index is 0.236. The molecule has 0 spiro atoms. The van der Waals surface area contributed by atoms with Gasteiger partial charge in [-0.15, -0.1) is 10.2 Å². The third kappa shape index (κ3) is 3.36. The number of nitrogens with zero attached hydrogens (tertiary/aromatic N) is 6. The van der Waals surface area contributed by atoms with E-state index in [2.05, 4.69) is 49.3 Å². The molecule has 1 fully saturated rings. The average molecular weight is 372 g/mol. The Kier molecular flexibility index (Phi) is 4.29. The lowest BCUT2D eigenvalue weighted by Gasteiger charge is -2.14. The molecule has 0 amide bonds. The molecule has 28 heavy (non-hydrogen) atoms. The van der Waals surface area contributed by atoms with Crippen molar-refractivity contribution in [3.63, 3.8) is 0 Å². The Balaban J connectivity index is 1.27. The third-order valence-corrected chi connectivity index (χ3v) is 5.10. The van der Waals surface area contributed by atoms with Crippen LogP contribution in [0.5, 0.6) is 0 Å². The maximum atomic E-state index is 5.88. The minimum atomic E-state index is 0.236. The van der Waals surface area contributed by atoms with Crippen molar-refractivity contribution < 1.29 is 4.42 Å². The van der Waals surface area contributed by atoms with E-state index < -0.39 is 0 Å². The Morgan fingerprint density at radius 3 is 2.89 bits per heavy atom. The summed E-state index contributed by atoms with van der Waals surface area (Å²) in [5.41, 5.74) is 3.59. The summed E-state index contributed by atoms with van der Waals surface area (Å²) in [5, 5.41) is 9.58. The van der Waals surface area contributed by atoms with E-state index in [1.807, 2.05) is 19.1 Å². The number of para-hydroxylation sites is 1. The van der Waals surface area contributed by atoms with Crippen molar-refractivity contribution in [1.29, 1.82) is 0 Å². The molecule has 0 aliphatic carbocycles. The second-order valence-corrected chi connectivity index (χ2v) is 7.20. The first-order chi connectivity index (χ1) is 13.7. The molecule has 7 heteroatoms. The third-order valence-electron chi connectivity index (χ3n) is 5.10. The first-order valence-electron chi connectivity index (χ1n) is 9.44. The van der Waals surface area contributed by atoms with Crippen LogP contribution in [0.4, 0.5) is 0 Å². The van der Waals surface area contributed by atoms with E-state index in [4.69, 9.17) is 9.40 Å². The van der Waals surface area contributed by atoms with Crippen LogP contribution in [0.3, 0.4) is 0 Å². The van der Waals surface area contributed by atoms with E-state index in [1.165, 1.54) is 5.39 Å². The van der Waals surface area contributed by atoms with Crippen LogP contribution in [0, 0.1) is 6.92 Å². The standard InChI is InChI=1S/C21H20N6O/c1-14-10-23-19(11-22-14)21-26-25-20(28-21)16-8-9-27(12-16)13-17-7-6-15-4-2-3-5-18(15)24-17/h2-7,10-11,16H,8-9,12-13H2,1H3. The zero-order valence-electron chi connectivity index (χ0n) is 15.6. The first kappa shape index (κ1) is 16.9. The molecule has 7 nitrogen and oxygen atoms in total. The number of likely N-dealkylation sites (tertiary alicyclic amines) is 1. The summed E-state index contributed by atoms with van der Waals surface area (Å²) in [5.74, 6) is 1.34. The molecule has 140 valence electrons. The van der Waals surface area contributed by atoms with Crippen LogP contribution >= 0.6 is 0 Å². The first-order valence-corrected chi connectivity index (χ1v) is 9.44. The van der Waals surface area contributed by atoms with Crippen LogP contribution < -0.4 is 0 Å². The van der Waals surface area contributed by atoms with E-state index in [1.54, 1.807) is 12.4 Å². The summed E-state index contributed by atoms with van der Waals surface area (Å²) >= 11 is 0. The number of fused-ring (bicyclic) bond motifs is 1. The molecule has 4 aromatic rings. The molecule has 1 unspecified atom stereocenters. The van der Waals surface area contributed by atoms with Gasteiger partial charge in [0.05, 0.1) is 29.0 Å². The molecule has 1 atom stereocenters. The van der Waals surface area contributed by atoms with Gasteiger partial charge in [0.15, 0.2) is 0 Å². The number of rotatable bonds is 4. The number of aromatic nitrogens is 5. The fourth-order valence-electron chi connectivity index (χ4n) is 3.61. The van der Waals surface area contributed by atoms with Gasteiger partial charge in [0, 0.05) is 24.7 Å². The van der Waals surface area contributed by atoms with E-state index in [0.717, 1.165) is 43.0 Å². The topological polar surface area (TPSA) is 80.8 Å². The van der Waals surface area contributed by atoms with Crippen LogP contribution in [-0.2, 0) is 6.54 Å². The molecule has 0 saturated carbocycles. The predicted octanol–water partition coefficient (Wildman–Crippen LogP) is 3.37. The Hall–Kier alpha value is -3.19. The van der Waals surface area contributed by atoms with Crippen molar-refractivity contribution in [3.05, 3.63) is 66.1 Å². The molecular weight excluding hydrogens is 352 g/mol. The SMILES string of the molecule is Cc1cnc(-c2nnc(C3CCN(Cc4ccc5ccccc5n4)C3)o2)cn1. The highest BCUT2D eigenvalue weighted by Crippen LogP contribution is 2.29. The molecule has 3 aromatic heterocycles. The minimum Gasteiger partial charge on any atom is -0.419 e. The highest BCUT2D eigenvalue weighted by molar-refractivity contribution is 5.78. The molecule has 0 bridgehead atoms. The van der Waals surface area contributed by atoms with Crippen LogP contribution in [-0.4, -0.2) is 43.1 Å². The average Bonchev–Trinajstić information content (AvgIpc) is 3.38. The van der Waals surface area contributed by atoms with E-state index >= 15 is 0 Å². The van der Waals surface area contributed by atoms with Gasteiger partial charge in [-0.2, -0.15) is 0 Å². The van der Waals surface area contributed by atoms with E-state index in [-0.39, 0.29) is 5.92 Å². The summed E-state index contributed by atoms with van der Waals surface area (Å²) in [7, 11) is 0. The summed E-state index contributed by atoms with van der Waals surface area (Å²) in [4.78, 5) is 15.7. The van der Waals surface area contributed by atoms with E-state index in [0.29, 0.717) is 17.5 Å². The number of hydrogen-bond donors (Lipinski definition) is 0. The van der Waals surface area contributed by atoms with Gasteiger partial charge in [0.2, 0.25) is 5.89 Å². The second kappa shape index (κ2) is 7.09. The largest absolute Gasteiger partial charge is 0.419 e. The number of hydrogen-bond acceptors (Lipinski definition) is 7. The van der Waals surface area contributed by atoms with Crippen LogP contribution in [0.1, 0.15) is 29.6 Å².